The van der Waals surface area contributed by atoms with Crippen LogP contribution in [0.2, 0.25) is 0 Å². The lowest BCUT2D eigenvalue weighted by Gasteiger charge is -2.41. The molecule has 0 unspecified atom stereocenters. The van der Waals surface area contributed by atoms with Crippen LogP contribution in [0.5, 0.6) is 0 Å². The van der Waals surface area contributed by atoms with Gasteiger partial charge in [0, 0.05) is 52.4 Å². The monoisotopic (exact) mass is 240 g/mol. The van der Waals surface area contributed by atoms with Crippen LogP contribution < -0.4 is 5.32 Å². The van der Waals surface area contributed by atoms with Gasteiger partial charge in [0.15, 0.2) is 0 Å². The fourth-order valence-corrected chi connectivity index (χ4v) is 2.78. The van der Waals surface area contributed by atoms with Crippen molar-refractivity contribution in [2.75, 3.05) is 53.4 Å². The van der Waals surface area contributed by atoms with E-state index in [-0.39, 0.29) is 6.03 Å². The van der Waals surface area contributed by atoms with E-state index in [1.807, 2.05) is 4.90 Å². The number of carbonyl (C=O) groups is 1. The van der Waals surface area contributed by atoms with Crippen LogP contribution >= 0.6 is 0 Å². The molecule has 2 heterocycles. The summed E-state index contributed by atoms with van der Waals surface area (Å²) in [5, 5.41) is 2.70. The van der Waals surface area contributed by atoms with Crippen LogP contribution in [0.1, 0.15) is 12.8 Å². The Bertz CT molecular complexity index is 255. The zero-order valence-corrected chi connectivity index (χ0v) is 11.0. The Labute approximate surface area is 104 Å². The van der Waals surface area contributed by atoms with Gasteiger partial charge in [-0.05, 0) is 19.9 Å². The number of hydrogen-bond acceptors (Lipinski definition) is 3. The van der Waals surface area contributed by atoms with Gasteiger partial charge in [-0.3, -0.25) is 4.90 Å². The number of piperazine rings is 1. The van der Waals surface area contributed by atoms with Crippen molar-refractivity contribution in [3.63, 3.8) is 0 Å². The van der Waals surface area contributed by atoms with E-state index in [1.54, 1.807) is 7.05 Å². The van der Waals surface area contributed by atoms with Crippen molar-refractivity contribution in [3.05, 3.63) is 0 Å². The van der Waals surface area contributed by atoms with Gasteiger partial charge in [-0.1, -0.05) is 0 Å². The molecule has 2 fully saturated rings. The molecule has 0 atom stereocenters. The van der Waals surface area contributed by atoms with E-state index in [0.29, 0.717) is 6.04 Å². The first-order valence-electron chi connectivity index (χ1n) is 6.60. The Balaban J connectivity index is 1.77. The lowest BCUT2D eigenvalue weighted by Crippen LogP contribution is -2.53. The number of rotatable bonds is 1. The van der Waals surface area contributed by atoms with Crippen molar-refractivity contribution in [2.24, 2.45) is 0 Å². The number of nitrogens with one attached hydrogen (secondary N) is 1. The van der Waals surface area contributed by atoms with Crippen LogP contribution in [-0.4, -0.2) is 80.1 Å². The van der Waals surface area contributed by atoms with Crippen molar-refractivity contribution in [1.29, 1.82) is 0 Å². The predicted molar refractivity (Wildman–Crippen MR) is 68.1 cm³/mol. The van der Waals surface area contributed by atoms with Crippen molar-refractivity contribution in [3.8, 4) is 0 Å². The summed E-state index contributed by atoms with van der Waals surface area (Å²) in [6.45, 7) is 6.51. The Hall–Kier alpha value is -0.810. The highest BCUT2D eigenvalue weighted by Crippen LogP contribution is 2.17. The number of hydrogen-bond donors (Lipinski definition) is 1. The number of amides is 2. The topological polar surface area (TPSA) is 38.8 Å². The summed E-state index contributed by atoms with van der Waals surface area (Å²) in [6, 6.07) is 0.756. The average molecular weight is 240 g/mol. The van der Waals surface area contributed by atoms with Crippen LogP contribution in [0.25, 0.3) is 0 Å². The van der Waals surface area contributed by atoms with Crippen molar-refractivity contribution < 1.29 is 4.79 Å². The van der Waals surface area contributed by atoms with Crippen LogP contribution in [-0.2, 0) is 0 Å². The molecule has 2 aliphatic heterocycles. The molecule has 2 aliphatic rings. The lowest BCUT2D eigenvalue weighted by molar-refractivity contribution is 0.0750. The van der Waals surface area contributed by atoms with Gasteiger partial charge in [-0.2, -0.15) is 0 Å². The van der Waals surface area contributed by atoms with E-state index in [0.717, 1.165) is 25.9 Å². The zero-order valence-electron chi connectivity index (χ0n) is 11.0. The molecule has 0 aromatic heterocycles. The highest BCUT2D eigenvalue weighted by atomic mass is 16.2. The molecule has 0 spiro atoms. The zero-order chi connectivity index (χ0) is 12.3. The summed E-state index contributed by atoms with van der Waals surface area (Å²) in [5.74, 6) is 0. The maximum Gasteiger partial charge on any atom is 0.317 e. The minimum Gasteiger partial charge on any atom is -0.341 e. The third-order valence-electron chi connectivity index (χ3n) is 4.02. The molecule has 0 bridgehead atoms. The number of likely N-dealkylation sites (N-methyl/N-ethyl adjacent to an activating group) is 1. The molecule has 2 amide bonds. The number of carbonyl (C=O) groups excluding carboxylic acids is 1. The van der Waals surface area contributed by atoms with E-state index in [1.165, 1.54) is 26.2 Å². The fraction of sp³-hybridized carbons (Fsp3) is 0.917. The van der Waals surface area contributed by atoms with Gasteiger partial charge < -0.3 is 15.1 Å². The number of piperidine rings is 1. The van der Waals surface area contributed by atoms with E-state index in [4.69, 9.17) is 0 Å². The number of nitrogens with zero attached hydrogens (tertiary/aromatic N) is 3. The minimum absolute atomic E-state index is 0.0711. The maximum atomic E-state index is 11.5. The average Bonchev–Trinajstić information content (AvgIpc) is 2.39. The molecule has 2 rings (SSSR count). The van der Waals surface area contributed by atoms with Crippen molar-refractivity contribution >= 4 is 6.03 Å². The van der Waals surface area contributed by atoms with Crippen LogP contribution in [0.4, 0.5) is 4.79 Å². The molecule has 5 heteroatoms. The molecular formula is C12H24N4O. The summed E-state index contributed by atoms with van der Waals surface area (Å²) < 4.78 is 0. The van der Waals surface area contributed by atoms with E-state index >= 15 is 0 Å². The number of urea groups is 1. The lowest BCUT2D eigenvalue weighted by atomic mass is 10.0. The predicted octanol–water partition coefficient (Wildman–Crippen LogP) is 0.0376. The van der Waals surface area contributed by atoms with E-state index in [9.17, 15) is 4.79 Å². The summed E-state index contributed by atoms with van der Waals surface area (Å²) in [6.07, 6.45) is 2.24. The second kappa shape index (κ2) is 5.69. The molecule has 2 saturated heterocycles. The molecule has 0 radical (unpaired) electrons. The summed E-state index contributed by atoms with van der Waals surface area (Å²) >= 11 is 0. The van der Waals surface area contributed by atoms with Gasteiger partial charge in [0.05, 0.1) is 0 Å². The van der Waals surface area contributed by atoms with Gasteiger partial charge in [-0.15, -0.1) is 0 Å². The van der Waals surface area contributed by atoms with Gasteiger partial charge in [0.1, 0.15) is 0 Å². The molecule has 98 valence electrons. The first kappa shape index (κ1) is 12.6. The quantitative estimate of drug-likeness (QED) is 0.703. The minimum atomic E-state index is 0.0711. The molecule has 0 saturated carbocycles. The fourth-order valence-electron chi connectivity index (χ4n) is 2.78. The largest absolute Gasteiger partial charge is 0.341 e. The molecule has 0 aliphatic carbocycles. The third-order valence-corrected chi connectivity index (χ3v) is 4.02. The van der Waals surface area contributed by atoms with E-state index < -0.39 is 0 Å². The summed E-state index contributed by atoms with van der Waals surface area (Å²) in [5.41, 5.74) is 0. The molecule has 5 nitrogen and oxygen atoms in total. The number of likely N-dealkylation sites (tertiary alicyclic amines) is 1. The van der Waals surface area contributed by atoms with E-state index in [2.05, 4.69) is 22.2 Å². The highest BCUT2D eigenvalue weighted by molar-refractivity contribution is 5.73. The Kier molecular flexibility index (Phi) is 4.23. The molecule has 17 heavy (non-hydrogen) atoms. The molecule has 0 aromatic rings. The Morgan fingerprint density at radius 3 is 2.18 bits per heavy atom. The Morgan fingerprint density at radius 2 is 1.65 bits per heavy atom. The van der Waals surface area contributed by atoms with Gasteiger partial charge >= 0.3 is 6.03 Å². The SMILES string of the molecule is CNC(=O)N1CCC(N2CCN(C)CC2)CC1. The third kappa shape index (κ3) is 3.10. The second-order valence-electron chi connectivity index (χ2n) is 5.11. The molecular weight excluding hydrogens is 216 g/mol. The smallest absolute Gasteiger partial charge is 0.317 e. The van der Waals surface area contributed by atoms with Gasteiger partial charge in [0.2, 0.25) is 0 Å². The normalized spacial score (nSPS) is 24.9. The maximum absolute atomic E-state index is 11.5. The molecule has 0 aromatic carbocycles. The van der Waals surface area contributed by atoms with Crippen molar-refractivity contribution in [2.45, 2.75) is 18.9 Å². The standard InChI is InChI=1S/C12H24N4O/c1-13-12(17)16-5-3-11(4-6-16)15-9-7-14(2)8-10-15/h11H,3-10H2,1-2H3,(H,13,17). The molecule has 1 N–H and O–H groups in total. The van der Waals surface area contributed by atoms with Crippen LogP contribution in [0.3, 0.4) is 0 Å². The summed E-state index contributed by atoms with van der Waals surface area (Å²) in [7, 11) is 3.89. The van der Waals surface area contributed by atoms with Gasteiger partial charge in [0.25, 0.3) is 0 Å². The first-order valence-corrected chi connectivity index (χ1v) is 6.60. The highest BCUT2D eigenvalue weighted by Gasteiger charge is 2.27. The Morgan fingerprint density at radius 1 is 1.06 bits per heavy atom. The summed E-state index contributed by atoms with van der Waals surface area (Å²) in [4.78, 5) is 18.4. The van der Waals surface area contributed by atoms with Crippen LogP contribution in [0.15, 0.2) is 0 Å². The van der Waals surface area contributed by atoms with Crippen LogP contribution in [0, 0.1) is 0 Å². The second-order valence-corrected chi connectivity index (χ2v) is 5.11. The first-order chi connectivity index (χ1) is 8.20. The van der Waals surface area contributed by atoms with Crippen molar-refractivity contribution in [1.82, 2.24) is 20.0 Å². The van der Waals surface area contributed by atoms with Gasteiger partial charge in [-0.25, -0.2) is 4.79 Å².